The molecular weight excluding hydrogens is 264 g/mol. The highest BCUT2D eigenvalue weighted by atomic mass is 16.1. The van der Waals surface area contributed by atoms with Crippen LogP contribution in [-0.2, 0) is 17.8 Å². The maximum atomic E-state index is 11.9. The average Bonchev–Trinajstić information content (AvgIpc) is 2.91. The molecule has 21 heavy (non-hydrogen) atoms. The highest BCUT2D eigenvalue weighted by molar-refractivity contribution is 5.78. The molecule has 3 heterocycles. The van der Waals surface area contributed by atoms with Gasteiger partial charge in [-0.15, -0.1) is 0 Å². The summed E-state index contributed by atoms with van der Waals surface area (Å²) >= 11 is 0. The fourth-order valence-corrected chi connectivity index (χ4v) is 2.27. The van der Waals surface area contributed by atoms with Crippen LogP contribution in [0, 0.1) is 6.92 Å². The van der Waals surface area contributed by atoms with Crippen molar-refractivity contribution in [2.24, 2.45) is 0 Å². The summed E-state index contributed by atoms with van der Waals surface area (Å²) in [7, 11) is 0. The molecule has 0 spiro atoms. The molecule has 5 heteroatoms. The highest BCUT2D eigenvalue weighted by Crippen LogP contribution is 2.10. The van der Waals surface area contributed by atoms with Crippen LogP contribution in [-0.4, -0.2) is 20.3 Å². The van der Waals surface area contributed by atoms with Crippen molar-refractivity contribution < 1.29 is 4.79 Å². The van der Waals surface area contributed by atoms with Crippen LogP contribution in [0.3, 0.4) is 0 Å². The molecule has 0 aliphatic rings. The van der Waals surface area contributed by atoms with E-state index in [1.165, 1.54) is 0 Å². The van der Waals surface area contributed by atoms with Crippen molar-refractivity contribution in [3.05, 3.63) is 65.9 Å². The van der Waals surface area contributed by atoms with Gasteiger partial charge < -0.3 is 9.72 Å². The van der Waals surface area contributed by atoms with E-state index in [0.29, 0.717) is 13.0 Å². The average molecular weight is 280 g/mol. The third-order valence-corrected chi connectivity index (χ3v) is 3.36. The van der Waals surface area contributed by atoms with Gasteiger partial charge >= 0.3 is 0 Å². The molecule has 1 amide bonds. The molecule has 0 bridgehead atoms. The van der Waals surface area contributed by atoms with Gasteiger partial charge in [0.1, 0.15) is 5.65 Å². The predicted molar refractivity (Wildman–Crippen MR) is 79.7 cm³/mol. The number of fused-ring (bicyclic) bond motifs is 1. The molecular formula is C16H16N4O. The molecule has 0 saturated carbocycles. The number of rotatable bonds is 4. The van der Waals surface area contributed by atoms with Crippen molar-refractivity contribution in [2.75, 3.05) is 0 Å². The topological polar surface area (TPSA) is 59.3 Å². The molecule has 5 nitrogen and oxygen atoms in total. The predicted octanol–water partition coefficient (Wildman–Crippen LogP) is 1.90. The maximum absolute atomic E-state index is 11.9. The summed E-state index contributed by atoms with van der Waals surface area (Å²) < 4.78 is 2.00. The number of nitrogens with zero attached hydrogens (tertiary/aromatic N) is 3. The standard InChI is InChI=1S/C16H16N4O/c1-12-4-3-7-20-14(11-19-16(12)20)10-18-15(21)8-13-5-2-6-17-9-13/h2-7,9,11H,8,10H2,1H3,(H,18,21). The van der Waals surface area contributed by atoms with E-state index < -0.39 is 0 Å². The number of imidazole rings is 1. The smallest absolute Gasteiger partial charge is 0.224 e. The van der Waals surface area contributed by atoms with Crippen LogP contribution in [0.25, 0.3) is 5.65 Å². The number of carbonyl (C=O) groups excluding carboxylic acids is 1. The summed E-state index contributed by atoms with van der Waals surface area (Å²) in [4.78, 5) is 20.3. The number of aromatic nitrogens is 3. The van der Waals surface area contributed by atoms with Gasteiger partial charge in [-0.3, -0.25) is 9.78 Å². The van der Waals surface area contributed by atoms with Crippen molar-refractivity contribution in [1.82, 2.24) is 19.7 Å². The van der Waals surface area contributed by atoms with Gasteiger partial charge in [0, 0.05) is 18.6 Å². The lowest BCUT2D eigenvalue weighted by molar-refractivity contribution is -0.120. The molecule has 106 valence electrons. The number of hydrogen-bond acceptors (Lipinski definition) is 3. The van der Waals surface area contributed by atoms with Crippen molar-refractivity contribution in [1.29, 1.82) is 0 Å². The van der Waals surface area contributed by atoms with Gasteiger partial charge in [-0.2, -0.15) is 0 Å². The highest BCUT2D eigenvalue weighted by Gasteiger charge is 2.07. The lowest BCUT2D eigenvalue weighted by Gasteiger charge is -2.06. The van der Waals surface area contributed by atoms with Crippen LogP contribution in [0.15, 0.2) is 49.1 Å². The molecule has 3 aromatic heterocycles. The number of amides is 1. The molecule has 0 aromatic carbocycles. The Morgan fingerprint density at radius 2 is 2.19 bits per heavy atom. The van der Waals surface area contributed by atoms with Crippen LogP contribution < -0.4 is 5.32 Å². The Morgan fingerprint density at radius 1 is 1.29 bits per heavy atom. The van der Waals surface area contributed by atoms with Gasteiger partial charge in [-0.05, 0) is 30.2 Å². The van der Waals surface area contributed by atoms with E-state index in [4.69, 9.17) is 0 Å². The van der Waals surface area contributed by atoms with E-state index in [1.807, 2.05) is 41.8 Å². The third-order valence-electron chi connectivity index (χ3n) is 3.36. The Bertz CT molecular complexity index is 764. The number of nitrogens with one attached hydrogen (secondary N) is 1. The van der Waals surface area contributed by atoms with E-state index >= 15 is 0 Å². The molecule has 0 fully saturated rings. The van der Waals surface area contributed by atoms with E-state index in [9.17, 15) is 4.79 Å². The summed E-state index contributed by atoms with van der Waals surface area (Å²) in [5.41, 5.74) is 3.91. The van der Waals surface area contributed by atoms with Gasteiger partial charge in [0.15, 0.2) is 0 Å². The Morgan fingerprint density at radius 3 is 3.00 bits per heavy atom. The number of aryl methyl sites for hydroxylation is 1. The zero-order chi connectivity index (χ0) is 14.7. The van der Waals surface area contributed by atoms with Crippen LogP contribution in [0.2, 0.25) is 0 Å². The fourth-order valence-electron chi connectivity index (χ4n) is 2.27. The zero-order valence-corrected chi connectivity index (χ0v) is 11.8. The van der Waals surface area contributed by atoms with Crippen molar-refractivity contribution in [3.63, 3.8) is 0 Å². The molecule has 0 radical (unpaired) electrons. The number of hydrogen-bond donors (Lipinski definition) is 1. The second kappa shape index (κ2) is 5.75. The molecule has 0 unspecified atom stereocenters. The quantitative estimate of drug-likeness (QED) is 0.794. The van der Waals surface area contributed by atoms with Crippen LogP contribution >= 0.6 is 0 Å². The van der Waals surface area contributed by atoms with Gasteiger partial charge in [-0.25, -0.2) is 4.98 Å². The molecule has 1 N–H and O–H groups in total. The van der Waals surface area contributed by atoms with Crippen LogP contribution in [0.5, 0.6) is 0 Å². The Labute approximate surface area is 122 Å². The van der Waals surface area contributed by atoms with Crippen LogP contribution in [0.4, 0.5) is 0 Å². The van der Waals surface area contributed by atoms with Crippen molar-refractivity contribution in [2.45, 2.75) is 19.9 Å². The normalized spacial score (nSPS) is 10.7. The van der Waals surface area contributed by atoms with E-state index in [2.05, 4.69) is 15.3 Å². The van der Waals surface area contributed by atoms with Crippen molar-refractivity contribution in [3.8, 4) is 0 Å². The van der Waals surface area contributed by atoms with E-state index in [-0.39, 0.29) is 5.91 Å². The summed E-state index contributed by atoms with van der Waals surface area (Å²) in [5.74, 6) is -0.0226. The molecule has 3 rings (SSSR count). The van der Waals surface area contributed by atoms with E-state index in [0.717, 1.165) is 22.5 Å². The largest absolute Gasteiger partial charge is 0.350 e. The van der Waals surface area contributed by atoms with Gasteiger partial charge in [0.05, 0.1) is 24.9 Å². The summed E-state index contributed by atoms with van der Waals surface area (Å²) in [5, 5.41) is 2.92. The van der Waals surface area contributed by atoms with Crippen LogP contribution in [0.1, 0.15) is 16.8 Å². The Kier molecular flexibility index (Phi) is 3.64. The molecule has 0 aliphatic heterocycles. The molecule has 0 atom stereocenters. The molecule has 0 saturated heterocycles. The number of carbonyl (C=O) groups is 1. The SMILES string of the molecule is Cc1cccn2c(CNC(=O)Cc3cccnc3)cnc12. The van der Waals surface area contributed by atoms with Gasteiger partial charge in [0.2, 0.25) is 5.91 Å². The van der Waals surface area contributed by atoms with Crippen molar-refractivity contribution >= 4 is 11.6 Å². The molecule has 0 aliphatic carbocycles. The first-order valence-electron chi connectivity index (χ1n) is 6.81. The second-order valence-corrected chi connectivity index (χ2v) is 4.95. The minimum Gasteiger partial charge on any atom is -0.350 e. The first-order valence-corrected chi connectivity index (χ1v) is 6.81. The summed E-state index contributed by atoms with van der Waals surface area (Å²) in [6, 6.07) is 7.72. The molecule has 3 aromatic rings. The second-order valence-electron chi connectivity index (χ2n) is 4.95. The summed E-state index contributed by atoms with van der Waals surface area (Å²) in [6.45, 7) is 2.48. The fraction of sp³-hybridized carbons (Fsp3) is 0.188. The maximum Gasteiger partial charge on any atom is 0.224 e. The first-order chi connectivity index (χ1) is 10.2. The minimum atomic E-state index is -0.0226. The van der Waals surface area contributed by atoms with Gasteiger partial charge in [0.25, 0.3) is 0 Å². The first kappa shape index (κ1) is 13.3. The minimum absolute atomic E-state index is 0.0226. The lowest BCUT2D eigenvalue weighted by Crippen LogP contribution is -2.25. The summed E-state index contributed by atoms with van der Waals surface area (Å²) in [6.07, 6.45) is 7.49. The number of pyridine rings is 2. The van der Waals surface area contributed by atoms with Gasteiger partial charge in [-0.1, -0.05) is 12.1 Å². The van der Waals surface area contributed by atoms with E-state index in [1.54, 1.807) is 18.6 Å². The monoisotopic (exact) mass is 280 g/mol. The third kappa shape index (κ3) is 2.91. The lowest BCUT2D eigenvalue weighted by atomic mass is 10.2. The Hall–Kier alpha value is -2.69. The zero-order valence-electron chi connectivity index (χ0n) is 11.8. The Balaban J connectivity index is 1.67.